The van der Waals surface area contributed by atoms with Gasteiger partial charge in [0.15, 0.2) is 0 Å². The van der Waals surface area contributed by atoms with Gasteiger partial charge >= 0.3 is 0 Å². The molecule has 148 valence electrons. The fourth-order valence-corrected chi connectivity index (χ4v) is 4.67. The first-order valence-electron chi connectivity index (χ1n) is 10.6. The molecule has 0 aliphatic carbocycles. The number of fused-ring (bicyclic) bond motifs is 4. The van der Waals surface area contributed by atoms with Crippen LogP contribution in [0.4, 0.5) is 0 Å². The molecule has 6 rings (SSSR count). The van der Waals surface area contributed by atoms with E-state index < -0.39 is 0 Å². The van der Waals surface area contributed by atoms with Gasteiger partial charge in [-0.2, -0.15) is 0 Å². The lowest BCUT2D eigenvalue weighted by molar-refractivity contribution is 1.18. The molecule has 0 spiro atoms. The molecule has 0 bridgehead atoms. The van der Waals surface area contributed by atoms with E-state index in [4.69, 9.17) is 4.98 Å². The van der Waals surface area contributed by atoms with E-state index in [0.29, 0.717) is 0 Å². The highest BCUT2D eigenvalue weighted by Crippen LogP contribution is 2.35. The third-order valence-corrected chi connectivity index (χ3v) is 6.13. The van der Waals surface area contributed by atoms with Crippen LogP contribution in [0.3, 0.4) is 0 Å². The third kappa shape index (κ3) is 2.83. The summed E-state index contributed by atoms with van der Waals surface area (Å²) in [5.41, 5.74) is 8.32. The quantitative estimate of drug-likeness (QED) is 0.293. The summed E-state index contributed by atoms with van der Waals surface area (Å²) in [5.74, 6) is 0. The molecule has 0 N–H and O–H groups in total. The Morgan fingerprint density at radius 3 is 2.06 bits per heavy atom. The fraction of sp³-hybridized carbons (Fsp3) is 0.0690. The number of hydrogen-bond donors (Lipinski definition) is 0. The molecule has 0 aliphatic heterocycles. The summed E-state index contributed by atoms with van der Waals surface area (Å²) in [4.78, 5) is 4.74. The van der Waals surface area contributed by atoms with Gasteiger partial charge in [0.25, 0.3) is 0 Å². The van der Waals surface area contributed by atoms with Gasteiger partial charge in [0.2, 0.25) is 0 Å². The molecule has 0 aliphatic rings. The lowest BCUT2D eigenvalue weighted by atomic mass is 10.0. The second-order valence-electron chi connectivity index (χ2n) is 8.31. The van der Waals surface area contributed by atoms with Crippen LogP contribution in [-0.2, 0) is 0 Å². The summed E-state index contributed by atoms with van der Waals surface area (Å²) >= 11 is 0. The first kappa shape index (κ1) is 17.9. The molecule has 2 aromatic heterocycles. The van der Waals surface area contributed by atoms with E-state index in [1.54, 1.807) is 0 Å². The topological polar surface area (TPSA) is 17.8 Å². The molecule has 4 aromatic carbocycles. The molecule has 0 amide bonds. The largest absolute Gasteiger partial charge is 0.309 e. The SMILES string of the molecule is Cc1ccc2c(c1)c1cc(C)ccc1n2-c1cccc(-c2nccc3ccccc23)c1. The maximum absolute atomic E-state index is 4.74. The fourth-order valence-electron chi connectivity index (χ4n) is 4.67. The number of nitrogens with zero attached hydrogens (tertiary/aromatic N) is 2. The molecule has 0 saturated heterocycles. The number of benzene rings is 4. The Hall–Kier alpha value is -3.91. The van der Waals surface area contributed by atoms with Crippen molar-refractivity contribution in [1.82, 2.24) is 9.55 Å². The summed E-state index contributed by atoms with van der Waals surface area (Å²) in [6.45, 7) is 4.32. The third-order valence-electron chi connectivity index (χ3n) is 6.13. The summed E-state index contributed by atoms with van der Waals surface area (Å²) in [5, 5.41) is 4.98. The first-order valence-corrected chi connectivity index (χ1v) is 10.6. The van der Waals surface area contributed by atoms with Gasteiger partial charge in [-0.05, 0) is 61.7 Å². The van der Waals surface area contributed by atoms with Gasteiger partial charge in [-0.3, -0.25) is 4.98 Å². The summed E-state index contributed by atoms with van der Waals surface area (Å²) in [7, 11) is 0. The minimum absolute atomic E-state index is 1.02. The summed E-state index contributed by atoms with van der Waals surface area (Å²) < 4.78 is 2.37. The minimum Gasteiger partial charge on any atom is -0.309 e. The molecule has 2 nitrogen and oxygen atoms in total. The van der Waals surface area contributed by atoms with Gasteiger partial charge in [0.1, 0.15) is 0 Å². The van der Waals surface area contributed by atoms with E-state index in [1.165, 1.54) is 43.7 Å². The Morgan fingerprint density at radius 1 is 0.613 bits per heavy atom. The number of aromatic nitrogens is 2. The molecule has 2 heteroatoms. The van der Waals surface area contributed by atoms with Crippen LogP contribution in [0.25, 0.3) is 49.5 Å². The molecule has 0 atom stereocenters. The Morgan fingerprint density at radius 2 is 1.32 bits per heavy atom. The zero-order valence-corrected chi connectivity index (χ0v) is 17.6. The molecule has 0 saturated carbocycles. The number of aryl methyl sites for hydroxylation is 2. The second-order valence-corrected chi connectivity index (χ2v) is 8.31. The normalized spacial score (nSPS) is 11.5. The Bertz CT molecular complexity index is 1540. The average molecular weight is 399 g/mol. The number of rotatable bonds is 2. The van der Waals surface area contributed by atoms with Crippen LogP contribution in [0.5, 0.6) is 0 Å². The van der Waals surface area contributed by atoms with Crippen molar-refractivity contribution in [2.75, 3.05) is 0 Å². The van der Waals surface area contributed by atoms with Crippen molar-refractivity contribution in [1.29, 1.82) is 0 Å². The monoisotopic (exact) mass is 398 g/mol. The van der Waals surface area contributed by atoms with E-state index in [0.717, 1.165) is 16.9 Å². The van der Waals surface area contributed by atoms with Crippen molar-refractivity contribution in [3.63, 3.8) is 0 Å². The molecular weight excluding hydrogens is 376 g/mol. The standard InChI is InChI=1S/C29H22N2/c1-19-10-12-27-25(16-19)26-17-20(2)11-13-28(26)31(27)23-8-5-7-22(18-23)29-24-9-4-3-6-21(24)14-15-30-29/h3-18H,1-2H3. The zero-order valence-electron chi connectivity index (χ0n) is 17.6. The average Bonchev–Trinajstić information content (AvgIpc) is 3.11. The van der Waals surface area contributed by atoms with Gasteiger partial charge in [0, 0.05) is 33.6 Å². The summed E-state index contributed by atoms with van der Waals surface area (Å²) in [6.07, 6.45) is 1.90. The number of pyridine rings is 1. The van der Waals surface area contributed by atoms with Crippen LogP contribution >= 0.6 is 0 Å². The smallest absolute Gasteiger partial charge is 0.0781 e. The van der Waals surface area contributed by atoms with Crippen molar-refractivity contribution in [2.24, 2.45) is 0 Å². The van der Waals surface area contributed by atoms with Gasteiger partial charge in [-0.1, -0.05) is 59.7 Å². The van der Waals surface area contributed by atoms with Crippen molar-refractivity contribution in [3.8, 4) is 16.9 Å². The van der Waals surface area contributed by atoms with Crippen molar-refractivity contribution >= 4 is 32.6 Å². The molecule has 31 heavy (non-hydrogen) atoms. The van der Waals surface area contributed by atoms with Gasteiger partial charge < -0.3 is 4.57 Å². The van der Waals surface area contributed by atoms with E-state index in [-0.39, 0.29) is 0 Å². The van der Waals surface area contributed by atoms with Gasteiger partial charge in [0.05, 0.1) is 16.7 Å². The molecular formula is C29H22N2. The zero-order chi connectivity index (χ0) is 20.9. The highest BCUT2D eigenvalue weighted by molar-refractivity contribution is 6.09. The maximum Gasteiger partial charge on any atom is 0.0781 e. The predicted molar refractivity (Wildman–Crippen MR) is 131 cm³/mol. The Labute approximate surface area is 181 Å². The minimum atomic E-state index is 1.02. The van der Waals surface area contributed by atoms with E-state index in [1.807, 2.05) is 6.20 Å². The van der Waals surface area contributed by atoms with Crippen LogP contribution in [-0.4, -0.2) is 9.55 Å². The highest BCUT2D eigenvalue weighted by Gasteiger charge is 2.14. The van der Waals surface area contributed by atoms with Crippen molar-refractivity contribution in [3.05, 3.63) is 108 Å². The molecule has 0 unspecified atom stereocenters. The van der Waals surface area contributed by atoms with Crippen LogP contribution < -0.4 is 0 Å². The lowest BCUT2D eigenvalue weighted by Crippen LogP contribution is -1.95. The van der Waals surface area contributed by atoms with Crippen LogP contribution in [0, 0.1) is 13.8 Å². The second kappa shape index (κ2) is 6.82. The summed E-state index contributed by atoms with van der Waals surface area (Å²) in [6, 6.07) is 32.7. The predicted octanol–water partition coefficient (Wildman–Crippen LogP) is 7.62. The highest BCUT2D eigenvalue weighted by atomic mass is 15.0. The Balaban J connectivity index is 1.64. The molecule has 0 fully saturated rings. The molecule has 2 heterocycles. The van der Waals surface area contributed by atoms with Crippen molar-refractivity contribution in [2.45, 2.75) is 13.8 Å². The van der Waals surface area contributed by atoms with Crippen LogP contribution in [0.15, 0.2) is 97.2 Å². The van der Waals surface area contributed by atoms with Crippen molar-refractivity contribution < 1.29 is 0 Å². The maximum atomic E-state index is 4.74. The van der Waals surface area contributed by atoms with E-state index in [9.17, 15) is 0 Å². The first-order chi connectivity index (χ1) is 15.2. The number of hydrogen-bond acceptors (Lipinski definition) is 1. The van der Waals surface area contributed by atoms with Gasteiger partial charge in [-0.15, -0.1) is 0 Å². The Kier molecular flexibility index (Phi) is 3.94. The van der Waals surface area contributed by atoms with E-state index in [2.05, 4.69) is 109 Å². The van der Waals surface area contributed by atoms with Crippen LogP contribution in [0.2, 0.25) is 0 Å². The van der Waals surface area contributed by atoms with E-state index >= 15 is 0 Å². The molecule has 6 aromatic rings. The molecule has 0 radical (unpaired) electrons. The van der Waals surface area contributed by atoms with Crippen LogP contribution in [0.1, 0.15) is 11.1 Å². The lowest BCUT2D eigenvalue weighted by Gasteiger charge is -2.11. The van der Waals surface area contributed by atoms with Gasteiger partial charge in [-0.25, -0.2) is 0 Å².